The summed E-state index contributed by atoms with van der Waals surface area (Å²) in [6, 6.07) is 3.20. The van der Waals surface area contributed by atoms with Crippen LogP contribution in [0.1, 0.15) is 55.7 Å². The largest absolute Gasteiger partial charge is 0.481 e. The number of carboxylic acid groups (broad SMARTS) is 3. The number of carboxylic acids is 3. The first-order valence-electron chi connectivity index (χ1n) is 16.8. The molecule has 4 aliphatic rings. The molecule has 2 bridgehead atoms. The summed E-state index contributed by atoms with van der Waals surface area (Å²) in [6.45, 7) is 1.11. The molecule has 1 saturated heterocycles. The molecule has 2 aliphatic carbocycles. The fourth-order valence-corrected chi connectivity index (χ4v) is 7.73. The number of likely N-dealkylation sites (N-methyl/N-ethyl adjacent to an activating group) is 1. The lowest BCUT2D eigenvalue weighted by molar-refractivity contribution is -0.189. The predicted octanol–water partition coefficient (Wildman–Crippen LogP) is -2.10. The maximum Gasteiger partial charge on any atom is 0.348 e. The number of aliphatic carboxylic acids is 3. The molecule has 9 atom stereocenters. The molecule has 0 aromatic heterocycles. The highest BCUT2D eigenvalue weighted by Gasteiger charge is 2.70. The Labute approximate surface area is 305 Å². The molecule has 2 aliphatic heterocycles. The van der Waals surface area contributed by atoms with Gasteiger partial charge in [0, 0.05) is 23.6 Å². The van der Waals surface area contributed by atoms with Crippen LogP contribution in [0.2, 0.25) is 0 Å². The van der Waals surface area contributed by atoms with Crippen molar-refractivity contribution in [3.05, 3.63) is 40.7 Å². The molecule has 1 fully saturated rings. The number of carbonyl (C=O) groups is 7. The Morgan fingerprint density at radius 3 is 2.24 bits per heavy atom. The number of nitrogens with zero attached hydrogens (tertiary/aromatic N) is 1. The first-order valence-corrected chi connectivity index (χ1v) is 16.8. The Kier molecular flexibility index (Phi) is 11.3. The normalized spacial score (nSPS) is 26.5. The van der Waals surface area contributed by atoms with Gasteiger partial charge in [0.1, 0.15) is 11.5 Å². The Morgan fingerprint density at radius 1 is 0.926 bits per heavy atom. The van der Waals surface area contributed by atoms with Gasteiger partial charge in [-0.05, 0) is 51.4 Å². The third-order valence-electron chi connectivity index (χ3n) is 10.3. The van der Waals surface area contributed by atoms with E-state index in [9.17, 15) is 54.0 Å². The van der Waals surface area contributed by atoms with Gasteiger partial charge >= 0.3 is 41.8 Å². The topological polar surface area (TPSA) is 310 Å². The van der Waals surface area contributed by atoms with Gasteiger partial charge in [-0.2, -0.15) is 0 Å². The molecular formula is C34H39NO19. The van der Waals surface area contributed by atoms with Crippen molar-refractivity contribution in [1.29, 1.82) is 0 Å². The molecule has 7 N–H and O–H groups in total. The van der Waals surface area contributed by atoms with Crippen LogP contribution in [0.5, 0.6) is 5.75 Å². The Hall–Kier alpha value is -5.15. The molecule has 2 heterocycles. The molecular weight excluding hydrogens is 726 g/mol. The number of carbonyl (C=O) groups excluding carboxylic acids is 4. The molecule has 1 aromatic carbocycles. The van der Waals surface area contributed by atoms with Crippen molar-refractivity contribution in [3.8, 4) is 5.75 Å². The molecule has 5 rings (SSSR count). The van der Waals surface area contributed by atoms with Crippen LogP contribution in [0.4, 0.5) is 0 Å². The summed E-state index contributed by atoms with van der Waals surface area (Å²) in [5.41, 5.74) is -0.562. The molecule has 0 amide bonds. The Morgan fingerprint density at radius 2 is 1.61 bits per heavy atom. The maximum absolute atomic E-state index is 13.5. The van der Waals surface area contributed by atoms with Crippen LogP contribution < -0.4 is 4.74 Å². The molecule has 20 nitrogen and oxygen atoms in total. The molecule has 0 unspecified atom stereocenters. The van der Waals surface area contributed by atoms with Crippen LogP contribution in [0.3, 0.4) is 0 Å². The highest BCUT2D eigenvalue weighted by Crippen LogP contribution is 2.64. The van der Waals surface area contributed by atoms with Crippen molar-refractivity contribution in [2.24, 2.45) is 0 Å². The summed E-state index contributed by atoms with van der Waals surface area (Å²) in [4.78, 5) is 87.3. The number of likely N-dealkylation sites (tertiary alicyclic amines) is 1. The fraction of sp³-hybridized carbons (Fsp3) is 0.559. The summed E-state index contributed by atoms with van der Waals surface area (Å²) in [5.74, 6) is -11.7. The average molecular weight is 766 g/mol. The van der Waals surface area contributed by atoms with Gasteiger partial charge in [-0.25, -0.2) is 24.0 Å². The van der Waals surface area contributed by atoms with Crippen LogP contribution in [-0.4, -0.2) is 144 Å². The van der Waals surface area contributed by atoms with Crippen LogP contribution >= 0.6 is 0 Å². The van der Waals surface area contributed by atoms with Gasteiger partial charge in [-0.3, -0.25) is 9.59 Å². The molecule has 294 valence electrons. The number of hydrogen-bond acceptors (Lipinski definition) is 17. The number of ether oxygens (including phenoxy) is 5. The van der Waals surface area contributed by atoms with Crippen LogP contribution in [0.15, 0.2) is 24.0 Å². The van der Waals surface area contributed by atoms with Crippen molar-refractivity contribution in [2.75, 3.05) is 13.6 Å². The second-order valence-corrected chi connectivity index (χ2v) is 13.5. The number of benzene rings is 1. The predicted molar refractivity (Wildman–Crippen MR) is 171 cm³/mol. The number of aliphatic hydroxyl groups is 4. The number of esters is 4. The summed E-state index contributed by atoms with van der Waals surface area (Å²) >= 11 is 0. The van der Waals surface area contributed by atoms with Gasteiger partial charge < -0.3 is 64.3 Å². The molecule has 1 aromatic rings. The van der Waals surface area contributed by atoms with Gasteiger partial charge in [0.15, 0.2) is 24.4 Å². The van der Waals surface area contributed by atoms with E-state index in [4.69, 9.17) is 34.3 Å². The summed E-state index contributed by atoms with van der Waals surface area (Å²) in [7, 11) is 1.90. The van der Waals surface area contributed by atoms with Crippen LogP contribution in [-0.2, 0) is 71.0 Å². The second-order valence-electron chi connectivity index (χ2n) is 13.5. The zero-order valence-corrected chi connectivity index (χ0v) is 28.9. The van der Waals surface area contributed by atoms with Gasteiger partial charge in [0.05, 0.1) is 30.5 Å². The van der Waals surface area contributed by atoms with E-state index in [1.165, 1.54) is 6.08 Å². The summed E-state index contributed by atoms with van der Waals surface area (Å²) < 4.78 is 26.4. The van der Waals surface area contributed by atoms with Crippen molar-refractivity contribution in [1.82, 2.24) is 4.90 Å². The van der Waals surface area contributed by atoms with E-state index in [1.807, 2.05) is 13.1 Å². The molecule has 20 heteroatoms. The van der Waals surface area contributed by atoms with Gasteiger partial charge in [0.25, 0.3) is 0 Å². The van der Waals surface area contributed by atoms with E-state index < -0.39 is 109 Å². The van der Waals surface area contributed by atoms with Gasteiger partial charge in [-0.1, -0.05) is 12.1 Å². The molecule has 1 spiro atoms. The number of aliphatic hydroxyl groups excluding tert-OH is 3. The highest BCUT2D eigenvalue weighted by atomic mass is 16.6. The minimum absolute atomic E-state index is 0.00865. The van der Waals surface area contributed by atoms with E-state index in [0.717, 1.165) is 12.5 Å². The molecule has 54 heavy (non-hydrogen) atoms. The molecule has 0 radical (unpaired) electrons. The monoisotopic (exact) mass is 765 g/mol. The van der Waals surface area contributed by atoms with E-state index in [1.54, 1.807) is 6.07 Å². The lowest BCUT2D eigenvalue weighted by Crippen LogP contribution is -2.69. The highest BCUT2D eigenvalue weighted by molar-refractivity contribution is 5.90. The van der Waals surface area contributed by atoms with E-state index >= 15 is 0 Å². The third kappa shape index (κ3) is 7.09. The lowest BCUT2D eigenvalue weighted by atomic mass is 9.52. The van der Waals surface area contributed by atoms with E-state index in [-0.39, 0.29) is 18.2 Å². The maximum atomic E-state index is 13.5. The van der Waals surface area contributed by atoms with Crippen molar-refractivity contribution < 1.29 is 93.0 Å². The van der Waals surface area contributed by atoms with Crippen molar-refractivity contribution in [3.63, 3.8) is 0 Å². The van der Waals surface area contributed by atoms with Crippen molar-refractivity contribution >= 4 is 41.8 Å². The van der Waals surface area contributed by atoms with E-state index in [2.05, 4.69) is 9.64 Å². The second kappa shape index (κ2) is 15.3. The average Bonchev–Trinajstić information content (AvgIpc) is 3.45. The SMILES string of the molecule is C[C@H](OC(=O)[C@H](CC(=O)OC1=CC[C@@]2(O)[C@H]3Cc4ccc(CO)c5c4[C@@]2(CCCN3C)[C@H]1O5)OC(=O)[C@H](O)[C@@H](O)C(=O)O)C(=O)O[C@@H](CC(=O)O)C(=O)O. The zero-order valence-electron chi connectivity index (χ0n) is 28.9. The van der Waals surface area contributed by atoms with Gasteiger partial charge in [0.2, 0.25) is 12.2 Å². The van der Waals surface area contributed by atoms with Crippen molar-refractivity contribution in [2.45, 2.75) is 106 Å². The fourth-order valence-electron chi connectivity index (χ4n) is 7.73. The standard InChI is InChI=1S/C34H39NO19/c1-14(30(46)52-18(28(42)43)11-21(37)38)50-31(47)19(53-32(48)25(41)24(40)29(44)45)12-22(39)51-17-6-8-34(49)20-10-15-4-5-16(13-36)26-23(15)33(34,27(17)54-26)7-3-9-35(20)2/h4-6,14,18-20,24-25,27,36,40-41,49H,3,7-13H2,1-2H3,(H,37,38)(H,42,43)(H,44,45)/t14-,18-,19-,20+,24+,25+,27-,33-,34+/m0/s1. The third-order valence-corrected chi connectivity index (χ3v) is 10.3. The first-order chi connectivity index (χ1) is 25.4. The summed E-state index contributed by atoms with van der Waals surface area (Å²) in [5, 5.41) is 69.3. The van der Waals surface area contributed by atoms with E-state index in [0.29, 0.717) is 42.7 Å². The van der Waals surface area contributed by atoms with Gasteiger partial charge in [-0.15, -0.1) is 0 Å². The van der Waals surface area contributed by atoms with Crippen LogP contribution in [0, 0.1) is 0 Å². The Bertz CT molecular complexity index is 1770. The minimum Gasteiger partial charge on any atom is -0.481 e. The number of rotatable bonds is 15. The number of hydrogen-bond donors (Lipinski definition) is 7. The quantitative estimate of drug-likeness (QED) is 0.0743. The lowest BCUT2D eigenvalue weighted by Gasteiger charge is -2.56. The zero-order chi connectivity index (χ0) is 39.9. The smallest absolute Gasteiger partial charge is 0.348 e. The summed E-state index contributed by atoms with van der Waals surface area (Å²) in [6.07, 6.45) is -12.6. The Balaban J connectivity index is 1.40. The molecule has 0 saturated carbocycles. The first kappa shape index (κ1) is 40.0. The minimum atomic E-state index is -2.77. The van der Waals surface area contributed by atoms with Crippen LogP contribution in [0.25, 0.3) is 0 Å².